The van der Waals surface area contributed by atoms with Gasteiger partial charge in [-0.3, -0.25) is 0 Å². The van der Waals surface area contributed by atoms with Gasteiger partial charge in [0.05, 0.1) is 28.7 Å². The van der Waals surface area contributed by atoms with Crippen LogP contribution in [0.1, 0.15) is 11.1 Å². The number of hydrogen-bond acceptors (Lipinski definition) is 6. The van der Waals surface area contributed by atoms with E-state index in [2.05, 4.69) is 15.3 Å². The number of ether oxygens (including phenoxy) is 3. The van der Waals surface area contributed by atoms with Gasteiger partial charge in [0.15, 0.2) is 0 Å². The Bertz CT molecular complexity index is 1470. The van der Waals surface area contributed by atoms with Crippen LogP contribution in [0.15, 0.2) is 97.3 Å². The second-order valence-electron chi connectivity index (χ2n) is 8.06. The molecule has 0 fully saturated rings. The van der Waals surface area contributed by atoms with Crippen LogP contribution in [0.2, 0.25) is 5.02 Å². The standard InChI is InChI=1S/C29H24ClN3O3.ClH/c1-34-22-12-13-24(30)25(14-22)33-29-28-26(31-19-32-29)15-23(35-17-20-8-4-2-5-9-20)16-27(28)36-18-21-10-6-3-7-11-21;/h2-16,19H,17-18H2,1H3,(H,31,32,33);1H. The summed E-state index contributed by atoms with van der Waals surface area (Å²) < 4.78 is 17.7. The molecule has 0 radical (unpaired) electrons. The van der Waals surface area contributed by atoms with Gasteiger partial charge in [-0.05, 0) is 23.3 Å². The van der Waals surface area contributed by atoms with Crippen LogP contribution in [0.25, 0.3) is 10.9 Å². The van der Waals surface area contributed by atoms with Crippen molar-refractivity contribution in [2.75, 3.05) is 12.4 Å². The highest BCUT2D eigenvalue weighted by Crippen LogP contribution is 2.38. The van der Waals surface area contributed by atoms with Gasteiger partial charge < -0.3 is 19.5 Å². The van der Waals surface area contributed by atoms with Crippen LogP contribution >= 0.6 is 24.0 Å². The van der Waals surface area contributed by atoms with Gasteiger partial charge in [-0.15, -0.1) is 12.4 Å². The van der Waals surface area contributed by atoms with Crippen molar-refractivity contribution in [2.24, 2.45) is 0 Å². The number of benzene rings is 4. The van der Waals surface area contributed by atoms with E-state index in [4.69, 9.17) is 25.8 Å². The molecule has 4 aromatic carbocycles. The third kappa shape index (κ3) is 6.42. The van der Waals surface area contributed by atoms with Gasteiger partial charge in [-0.1, -0.05) is 72.3 Å². The van der Waals surface area contributed by atoms with Crippen molar-refractivity contribution in [3.63, 3.8) is 0 Å². The van der Waals surface area contributed by atoms with Gasteiger partial charge in [-0.2, -0.15) is 0 Å². The van der Waals surface area contributed by atoms with Crippen molar-refractivity contribution < 1.29 is 14.2 Å². The normalized spacial score (nSPS) is 10.4. The first-order valence-electron chi connectivity index (χ1n) is 11.4. The first kappa shape index (κ1) is 26.1. The Morgan fingerprint density at radius 1 is 0.757 bits per heavy atom. The summed E-state index contributed by atoms with van der Waals surface area (Å²) >= 11 is 6.45. The average Bonchev–Trinajstić information content (AvgIpc) is 2.93. The Kier molecular flexibility index (Phi) is 8.67. The molecule has 0 spiro atoms. The van der Waals surface area contributed by atoms with Gasteiger partial charge in [-0.25, -0.2) is 9.97 Å². The number of hydrogen-bond donors (Lipinski definition) is 1. The summed E-state index contributed by atoms with van der Waals surface area (Å²) in [5, 5.41) is 4.58. The minimum Gasteiger partial charge on any atom is -0.497 e. The zero-order chi connectivity index (χ0) is 24.7. The lowest BCUT2D eigenvalue weighted by Gasteiger charge is -2.16. The molecule has 0 unspecified atom stereocenters. The number of methoxy groups -OCH3 is 1. The van der Waals surface area contributed by atoms with Gasteiger partial charge >= 0.3 is 0 Å². The number of fused-ring (bicyclic) bond motifs is 1. The fourth-order valence-electron chi connectivity index (χ4n) is 3.75. The summed E-state index contributed by atoms with van der Waals surface area (Å²) in [5.74, 6) is 2.49. The molecule has 0 saturated carbocycles. The number of anilines is 2. The molecule has 188 valence electrons. The maximum Gasteiger partial charge on any atom is 0.145 e. The van der Waals surface area contributed by atoms with Crippen molar-refractivity contribution in [3.05, 3.63) is 113 Å². The molecular formula is C29H25Cl2N3O3. The fourth-order valence-corrected chi connectivity index (χ4v) is 3.92. The Balaban J connectivity index is 0.00000320. The lowest BCUT2D eigenvalue weighted by molar-refractivity contribution is 0.292. The molecule has 0 bridgehead atoms. The average molecular weight is 534 g/mol. The monoisotopic (exact) mass is 533 g/mol. The molecule has 5 aromatic rings. The van der Waals surface area contributed by atoms with Crippen LogP contribution in [-0.4, -0.2) is 17.1 Å². The topological polar surface area (TPSA) is 65.5 Å². The van der Waals surface area contributed by atoms with E-state index in [-0.39, 0.29) is 12.4 Å². The Morgan fingerprint density at radius 3 is 2.11 bits per heavy atom. The van der Waals surface area contributed by atoms with E-state index < -0.39 is 0 Å². The molecule has 5 rings (SSSR count). The predicted molar refractivity (Wildman–Crippen MR) is 150 cm³/mol. The fraction of sp³-hybridized carbons (Fsp3) is 0.103. The van der Waals surface area contributed by atoms with Gasteiger partial charge in [0, 0.05) is 18.2 Å². The quantitative estimate of drug-likeness (QED) is 0.210. The minimum atomic E-state index is 0. The van der Waals surface area contributed by atoms with Crippen LogP contribution in [0.5, 0.6) is 17.2 Å². The third-order valence-electron chi connectivity index (χ3n) is 5.59. The molecule has 1 heterocycles. The van der Waals surface area contributed by atoms with E-state index in [1.165, 1.54) is 6.33 Å². The highest BCUT2D eigenvalue weighted by Gasteiger charge is 2.15. The third-order valence-corrected chi connectivity index (χ3v) is 5.92. The smallest absolute Gasteiger partial charge is 0.145 e. The van der Waals surface area contributed by atoms with Crippen LogP contribution < -0.4 is 19.5 Å². The maximum atomic E-state index is 6.45. The van der Waals surface area contributed by atoms with Crippen molar-refractivity contribution in [2.45, 2.75) is 13.2 Å². The molecule has 0 aliphatic rings. The molecule has 8 heteroatoms. The van der Waals surface area contributed by atoms with Crippen LogP contribution in [0, 0.1) is 0 Å². The molecule has 0 aliphatic carbocycles. The van der Waals surface area contributed by atoms with Crippen LogP contribution in [0.4, 0.5) is 11.5 Å². The predicted octanol–water partition coefficient (Wildman–Crippen LogP) is 7.62. The second kappa shape index (κ2) is 12.3. The molecule has 0 aliphatic heterocycles. The molecule has 6 nitrogen and oxygen atoms in total. The van der Waals surface area contributed by atoms with Gasteiger partial charge in [0.2, 0.25) is 0 Å². The summed E-state index contributed by atoms with van der Waals surface area (Å²) in [5.41, 5.74) is 3.46. The highest BCUT2D eigenvalue weighted by molar-refractivity contribution is 6.33. The second-order valence-corrected chi connectivity index (χ2v) is 8.46. The first-order valence-corrected chi connectivity index (χ1v) is 11.8. The maximum absolute atomic E-state index is 6.45. The molecule has 37 heavy (non-hydrogen) atoms. The van der Waals surface area contributed by atoms with E-state index in [1.807, 2.05) is 78.9 Å². The van der Waals surface area contributed by atoms with Gasteiger partial charge in [0.1, 0.15) is 42.6 Å². The zero-order valence-corrected chi connectivity index (χ0v) is 21.6. The number of rotatable bonds is 9. The number of nitrogens with one attached hydrogen (secondary N) is 1. The summed E-state index contributed by atoms with van der Waals surface area (Å²) in [6.45, 7) is 0.812. The van der Waals surface area contributed by atoms with Crippen molar-refractivity contribution in [3.8, 4) is 17.2 Å². The van der Waals surface area contributed by atoms with E-state index in [9.17, 15) is 0 Å². The molecule has 1 N–H and O–H groups in total. The first-order chi connectivity index (χ1) is 17.7. The van der Waals surface area contributed by atoms with Crippen molar-refractivity contribution in [1.82, 2.24) is 9.97 Å². The van der Waals surface area contributed by atoms with Crippen LogP contribution in [0.3, 0.4) is 0 Å². The molecule has 0 amide bonds. The zero-order valence-electron chi connectivity index (χ0n) is 20.1. The number of nitrogens with zero attached hydrogens (tertiary/aromatic N) is 2. The highest BCUT2D eigenvalue weighted by atomic mass is 35.5. The largest absolute Gasteiger partial charge is 0.497 e. The van der Waals surface area contributed by atoms with Crippen molar-refractivity contribution in [1.29, 1.82) is 0 Å². The molecule has 1 aromatic heterocycles. The van der Waals surface area contributed by atoms with E-state index in [1.54, 1.807) is 19.2 Å². The number of aromatic nitrogens is 2. The lowest BCUT2D eigenvalue weighted by atomic mass is 10.2. The number of halogens is 2. The minimum absolute atomic E-state index is 0. The Hall–Kier alpha value is -4.00. The Labute approximate surface area is 226 Å². The molecular weight excluding hydrogens is 509 g/mol. The Morgan fingerprint density at radius 2 is 1.43 bits per heavy atom. The summed E-state index contributed by atoms with van der Waals surface area (Å²) in [4.78, 5) is 9.00. The van der Waals surface area contributed by atoms with Crippen LogP contribution in [-0.2, 0) is 13.2 Å². The molecule has 0 saturated heterocycles. The van der Waals surface area contributed by atoms with Crippen molar-refractivity contribution >= 4 is 46.4 Å². The SMILES string of the molecule is COc1ccc(Cl)c(Nc2ncnc3cc(OCc4ccccc4)cc(OCc4ccccc4)c23)c1.Cl. The summed E-state index contributed by atoms with van der Waals surface area (Å²) in [6.07, 6.45) is 1.50. The summed E-state index contributed by atoms with van der Waals surface area (Å²) in [7, 11) is 1.61. The molecule has 0 atom stereocenters. The lowest BCUT2D eigenvalue weighted by Crippen LogP contribution is -2.02. The van der Waals surface area contributed by atoms with Gasteiger partial charge in [0.25, 0.3) is 0 Å². The summed E-state index contributed by atoms with van der Waals surface area (Å²) in [6, 6.07) is 29.1. The van der Waals surface area contributed by atoms with E-state index in [0.717, 1.165) is 16.5 Å². The van der Waals surface area contributed by atoms with E-state index in [0.29, 0.717) is 52.5 Å². The van der Waals surface area contributed by atoms with E-state index >= 15 is 0 Å².